The summed E-state index contributed by atoms with van der Waals surface area (Å²) in [6.07, 6.45) is 4.15. The van der Waals surface area contributed by atoms with Gasteiger partial charge in [0.1, 0.15) is 17.8 Å². The first-order valence-electron chi connectivity index (χ1n) is 12.4. The molecule has 0 unspecified atom stereocenters. The number of carbonyl (C=O) groups excluding carboxylic acids is 3. The third-order valence-electron chi connectivity index (χ3n) is 6.13. The number of benzene rings is 2. The van der Waals surface area contributed by atoms with Crippen molar-refractivity contribution in [2.24, 2.45) is 5.73 Å². The van der Waals surface area contributed by atoms with Crippen LogP contribution in [-0.4, -0.2) is 75.6 Å². The fourth-order valence-electron chi connectivity index (χ4n) is 4.02. The van der Waals surface area contributed by atoms with E-state index in [-0.39, 0.29) is 18.6 Å². The van der Waals surface area contributed by atoms with Gasteiger partial charge in [0.05, 0.1) is 12.6 Å². The fourth-order valence-corrected chi connectivity index (χ4v) is 4.49. The number of aliphatic carboxylic acids is 1. The third kappa shape index (κ3) is 8.76. The molecule has 208 valence electrons. The number of nitrogens with one attached hydrogen (secondary N) is 4. The molecule has 1 aromatic heterocycles. The SMILES string of the molecule is CSCC[C@H](NC(=O)[C@@H](N)Cc1ccc(O)cc1)C(=O)NCC(=O)N[C@@H](Cc1c[nH]c2ccccc12)C(=O)O. The van der Waals surface area contributed by atoms with E-state index in [4.69, 9.17) is 5.73 Å². The second kappa shape index (κ2) is 14.2. The van der Waals surface area contributed by atoms with E-state index in [0.717, 1.165) is 22.0 Å². The molecule has 0 fully saturated rings. The number of carboxylic acid groups (broad SMARTS) is 1. The Balaban J connectivity index is 1.54. The fraction of sp³-hybridized carbons (Fsp3) is 0.333. The summed E-state index contributed by atoms with van der Waals surface area (Å²) in [5.74, 6) is -2.31. The monoisotopic (exact) mass is 555 g/mol. The number of phenolic OH excluding ortho intramolecular Hbond substituents is 1. The molecule has 3 amide bonds. The second-order valence-corrected chi connectivity index (χ2v) is 10.0. The van der Waals surface area contributed by atoms with E-state index in [2.05, 4.69) is 20.9 Å². The van der Waals surface area contributed by atoms with Crippen LogP contribution in [0.25, 0.3) is 10.9 Å². The molecule has 8 N–H and O–H groups in total. The standard InChI is InChI=1S/C27H33N5O6S/c1-39-11-10-22(32-25(35)20(28)12-16-6-8-18(33)9-7-16)26(36)30-15-24(34)31-23(27(37)38)13-17-14-29-21-5-3-2-4-19(17)21/h2-9,14,20,22-23,29,33H,10-13,15,28H2,1H3,(H,30,36)(H,31,34)(H,32,35)(H,37,38)/t20-,22-,23-/m0/s1. The Kier molecular flexibility index (Phi) is 10.8. The number of nitrogens with two attached hydrogens (primary N) is 1. The van der Waals surface area contributed by atoms with Crippen LogP contribution in [0.4, 0.5) is 0 Å². The smallest absolute Gasteiger partial charge is 0.326 e. The summed E-state index contributed by atoms with van der Waals surface area (Å²) in [5, 5.41) is 27.5. The van der Waals surface area contributed by atoms with Crippen LogP contribution in [0.1, 0.15) is 17.5 Å². The Morgan fingerprint density at radius 2 is 1.69 bits per heavy atom. The van der Waals surface area contributed by atoms with Crippen LogP contribution in [0.3, 0.4) is 0 Å². The highest BCUT2D eigenvalue weighted by Crippen LogP contribution is 2.19. The summed E-state index contributed by atoms with van der Waals surface area (Å²) < 4.78 is 0. The van der Waals surface area contributed by atoms with Crippen LogP contribution >= 0.6 is 11.8 Å². The number of carbonyl (C=O) groups is 4. The summed E-state index contributed by atoms with van der Waals surface area (Å²) in [7, 11) is 0. The summed E-state index contributed by atoms with van der Waals surface area (Å²) in [6, 6.07) is 10.7. The third-order valence-corrected chi connectivity index (χ3v) is 6.77. The summed E-state index contributed by atoms with van der Waals surface area (Å²) in [4.78, 5) is 52.9. The topological polar surface area (TPSA) is 187 Å². The molecule has 3 rings (SSSR count). The van der Waals surface area contributed by atoms with Crippen LogP contribution in [0, 0.1) is 0 Å². The van der Waals surface area contributed by atoms with E-state index in [1.54, 1.807) is 18.3 Å². The number of rotatable bonds is 14. The summed E-state index contributed by atoms with van der Waals surface area (Å²) in [6.45, 7) is -0.457. The normalized spacial score (nSPS) is 13.3. The number of para-hydroxylation sites is 1. The lowest BCUT2D eigenvalue weighted by Gasteiger charge is -2.21. The van der Waals surface area contributed by atoms with Crippen molar-refractivity contribution >= 4 is 46.4 Å². The van der Waals surface area contributed by atoms with Gasteiger partial charge in [-0.15, -0.1) is 0 Å². The van der Waals surface area contributed by atoms with Gasteiger partial charge in [-0.25, -0.2) is 4.79 Å². The molecular formula is C27H33N5O6S. The van der Waals surface area contributed by atoms with Crippen molar-refractivity contribution in [2.75, 3.05) is 18.6 Å². The van der Waals surface area contributed by atoms with Gasteiger partial charge in [0.15, 0.2) is 0 Å². The van der Waals surface area contributed by atoms with E-state index in [1.807, 2.05) is 30.5 Å². The van der Waals surface area contributed by atoms with Crippen LogP contribution in [0.5, 0.6) is 5.75 Å². The Hall–Kier alpha value is -4.03. The van der Waals surface area contributed by atoms with Gasteiger partial charge in [-0.05, 0) is 54.2 Å². The minimum absolute atomic E-state index is 0.0599. The number of H-pyrrole nitrogens is 1. The van der Waals surface area contributed by atoms with Crippen molar-refractivity contribution in [3.05, 3.63) is 65.9 Å². The largest absolute Gasteiger partial charge is 0.508 e. The molecule has 0 aliphatic rings. The molecule has 0 saturated heterocycles. The number of thioether (sulfide) groups is 1. The first-order chi connectivity index (χ1) is 18.7. The number of hydrogen-bond donors (Lipinski definition) is 7. The lowest BCUT2D eigenvalue weighted by Crippen LogP contribution is -2.54. The van der Waals surface area contributed by atoms with Crippen molar-refractivity contribution < 1.29 is 29.4 Å². The molecule has 39 heavy (non-hydrogen) atoms. The minimum atomic E-state index is -1.20. The van der Waals surface area contributed by atoms with E-state index < -0.39 is 48.4 Å². The average Bonchev–Trinajstić information content (AvgIpc) is 3.33. The number of amides is 3. The quantitative estimate of drug-likeness (QED) is 0.153. The van der Waals surface area contributed by atoms with Gasteiger partial charge in [-0.2, -0.15) is 11.8 Å². The zero-order valence-electron chi connectivity index (χ0n) is 21.5. The maximum Gasteiger partial charge on any atom is 0.326 e. The molecule has 0 radical (unpaired) electrons. The van der Waals surface area contributed by atoms with Gasteiger partial charge >= 0.3 is 5.97 Å². The molecule has 3 aromatic rings. The Morgan fingerprint density at radius 3 is 2.38 bits per heavy atom. The summed E-state index contributed by atoms with van der Waals surface area (Å²) >= 11 is 1.49. The molecular weight excluding hydrogens is 522 g/mol. The zero-order valence-corrected chi connectivity index (χ0v) is 22.3. The van der Waals surface area contributed by atoms with Crippen molar-refractivity contribution in [1.82, 2.24) is 20.9 Å². The molecule has 0 aliphatic carbocycles. The predicted octanol–water partition coefficient (Wildman–Crippen LogP) is 0.910. The maximum atomic E-state index is 12.8. The first kappa shape index (κ1) is 29.5. The molecule has 2 aromatic carbocycles. The number of aromatic hydroxyl groups is 1. The highest BCUT2D eigenvalue weighted by Gasteiger charge is 2.26. The highest BCUT2D eigenvalue weighted by atomic mass is 32.2. The number of phenols is 1. The number of aromatic nitrogens is 1. The van der Waals surface area contributed by atoms with E-state index in [0.29, 0.717) is 12.2 Å². The van der Waals surface area contributed by atoms with Crippen LogP contribution in [-0.2, 0) is 32.0 Å². The maximum absolute atomic E-state index is 12.8. The van der Waals surface area contributed by atoms with E-state index in [9.17, 15) is 29.4 Å². The van der Waals surface area contributed by atoms with Crippen molar-refractivity contribution in [3.63, 3.8) is 0 Å². The van der Waals surface area contributed by atoms with E-state index >= 15 is 0 Å². The molecule has 1 heterocycles. The lowest BCUT2D eigenvalue weighted by atomic mass is 10.0. The molecule has 12 heteroatoms. The Labute approximate surface area is 229 Å². The summed E-state index contributed by atoms with van der Waals surface area (Å²) in [5.41, 5.74) is 8.37. The van der Waals surface area contributed by atoms with E-state index in [1.165, 1.54) is 23.9 Å². The number of fused-ring (bicyclic) bond motifs is 1. The lowest BCUT2D eigenvalue weighted by molar-refractivity contribution is -0.141. The van der Waals surface area contributed by atoms with Gasteiger partial charge in [0.2, 0.25) is 17.7 Å². The number of aromatic amines is 1. The molecule has 3 atom stereocenters. The van der Waals surface area contributed by atoms with Gasteiger partial charge in [-0.1, -0.05) is 30.3 Å². The average molecular weight is 556 g/mol. The van der Waals surface area contributed by atoms with Crippen molar-refractivity contribution in [1.29, 1.82) is 0 Å². The van der Waals surface area contributed by atoms with Gasteiger partial charge in [0.25, 0.3) is 0 Å². The predicted molar refractivity (Wildman–Crippen MR) is 149 cm³/mol. The first-order valence-corrected chi connectivity index (χ1v) is 13.7. The number of carboxylic acids is 1. The Bertz CT molecular complexity index is 1300. The van der Waals surface area contributed by atoms with Crippen LogP contribution in [0.15, 0.2) is 54.7 Å². The van der Waals surface area contributed by atoms with Crippen LogP contribution in [0.2, 0.25) is 0 Å². The zero-order chi connectivity index (χ0) is 28.4. The molecule has 0 aliphatic heterocycles. The van der Waals surface area contributed by atoms with Crippen molar-refractivity contribution in [3.8, 4) is 5.75 Å². The van der Waals surface area contributed by atoms with Crippen molar-refractivity contribution in [2.45, 2.75) is 37.4 Å². The van der Waals surface area contributed by atoms with Gasteiger partial charge < -0.3 is 36.9 Å². The van der Waals surface area contributed by atoms with Gasteiger partial charge in [0, 0.05) is 23.5 Å². The number of hydrogen-bond acceptors (Lipinski definition) is 7. The highest BCUT2D eigenvalue weighted by molar-refractivity contribution is 7.98. The molecule has 0 saturated carbocycles. The van der Waals surface area contributed by atoms with Gasteiger partial charge in [-0.3, -0.25) is 14.4 Å². The van der Waals surface area contributed by atoms with Crippen LogP contribution < -0.4 is 21.7 Å². The molecule has 11 nitrogen and oxygen atoms in total. The second-order valence-electron chi connectivity index (χ2n) is 9.06. The molecule has 0 spiro atoms. The minimum Gasteiger partial charge on any atom is -0.508 e. The Morgan fingerprint density at radius 1 is 0.974 bits per heavy atom. The molecule has 0 bridgehead atoms.